The summed E-state index contributed by atoms with van der Waals surface area (Å²) in [6.45, 7) is 5.96. The maximum atomic E-state index is 12.4. The van der Waals surface area contributed by atoms with Crippen LogP contribution in [-0.2, 0) is 0 Å². The van der Waals surface area contributed by atoms with Crippen molar-refractivity contribution in [2.45, 2.75) is 20.8 Å². The van der Waals surface area contributed by atoms with Gasteiger partial charge in [-0.05, 0) is 55.7 Å². The molecular weight excluding hydrogens is 224 g/mol. The summed E-state index contributed by atoms with van der Waals surface area (Å²) in [5, 5.41) is 0. The molecule has 0 unspecified atom stereocenters. The molecular formula is C15H16N2O. The molecule has 0 atom stereocenters. The Morgan fingerprint density at radius 3 is 2.44 bits per heavy atom. The molecule has 0 aliphatic heterocycles. The molecule has 3 nitrogen and oxygen atoms in total. The summed E-state index contributed by atoms with van der Waals surface area (Å²) in [7, 11) is 0. The summed E-state index contributed by atoms with van der Waals surface area (Å²) in [5.74, 6) is -0.117. The number of benzene rings is 1. The number of carbonyl (C=O) groups excluding carboxylic acids is 1. The molecule has 1 aromatic carbocycles. The zero-order valence-corrected chi connectivity index (χ0v) is 10.8. The largest absolute Gasteiger partial charge is 0.397 e. The van der Waals surface area contributed by atoms with Crippen LogP contribution in [0, 0.1) is 20.8 Å². The van der Waals surface area contributed by atoms with Gasteiger partial charge in [0, 0.05) is 11.8 Å². The maximum Gasteiger partial charge on any atom is 0.213 e. The Labute approximate surface area is 107 Å². The van der Waals surface area contributed by atoms with Crippen molar-refractivity contribution < 1.29 is 4.79 Å². The second-order valence-electron chi connectivity index (χ2n) is 4.52. The van der Waals surface area contributed by atoms with Gasteiger partial charge in [-0.15, -0.1) is 0 Å². The van der Waals surface area contributed by atoms with Crippen LogP contribution >= 0.6 is 0 Å². The monoisotopic (exact) mass is 240 g/mol. The molecule has 0 spiro atoms. The second-order valence-corrected chi connectivity index (χ2v) is 4.52. The average Bonchev–Trinajstić information content (AvgIpc) is 2.33. The van der Waals surface area contributed by atoms with Crippen molar-refractivity contribution in [3.8, 4) is 0 Å². The molecule has 18 heavy (non-hydrogen) atoms. The lowest BCUT2D eigenvalue weighted by Gasteiger charge is -2.09. The van der Waals surface area contributed by atoms with E-state index in [2.05, 4.69) is 4.98 Å². The highest BCUT2D eigenvalue weighted by atomic mass is 16.1. The summed E-state index contributed by atoms with van der Waals surface area (Å²) in [5.41, 5.74) is 10.4. The predicted molar refractivity (Wildman–Crippen MR) is 72.7 cm³/mol. The minimum Gasteiger partial charge on any atom is -0.397 e. The number of nitrogens with zero attached hydrogens (tertiary/aromatic N) is 1. The number of ketones is 1. The first-order valence-electron chi connectivity index (χ1n) is 5.83. The molecule has 1 heterocycles. The minimum atomic E-state index is -0.117. The molecule has 2 rings (SSSR count). The molecule has 0 fully saturated rings. The van der Waals surface area contributed by atoms with Gasteiger partial charge in [0.25, 0.3) is 0 Å². The third kappa shape index (κ3) is 2.12. The van der Waals surface area contributed by atoms with E-state index in [0.29, 0.717) is 16.9 Å². The molecule has 0 radical (unpaired) electrons. The molecule has 0 aliphatic rings. The van der Waals surface area contributed by atoms with Crippen molar-refractivity contribution in [3.05, 3.63) is 58.4 Å². The van der Waals surface area contributed by atoms with Crippen LogP contribution in [0.2, 0.25) is 0 Å². The van der Waals surface area contributed by atoms with E-state index >= 15 is 0 Å². The Balaban J connectivity index is 2.53. The van der Waals surface area contributed by atoms with E-state index in [1.807, 2.05) is 32.9 Å². The number of pyridine rings is 1. The quantitative estimate of drug-likeness (QED) is 0.821. The van der Waals surface area contributed by atoms with E-state index < -0.39 is 0 Å². The number of aromatic nitrogens is 1. The van der Waals surface area contributed by atoms with E-state index in [0.717, 1.165) is 11.1 Å². The molecule has 1 aromatic heterocycles. The first-order valence-corrected chi connectivity index (χ1v) is 5.83. The van der Waals surface area contributed by atoms with Gasteiger partial charge in [-0.2, -0.15) is 0 Å². The Morgan fingerprint density at radius 2 is 1.78 bits per heavy atom. The molecule has 0 saturated carbocycles. The van der Waals surface area contributed by atoms with Gasteiger partial charge in [0.15, 0.2) is 0 Å². The molecule has 0 aliphatic carbocycles. The fraction of sp³-hybridized carbons (Fsp3) is 0.200. The van der Waals surface area contributed by atoms with Crippen LogP contribution in [0.5, 0.6) is 0 Å². The van der Waals surface area contributed by atoms with Crippen LogP contribution in [-0.4, -0.2) is 10.8 Å². The highest BCUT2D eigenvalue weighted by Gasteiger charge is 2.16. The van der Waals surface area contributed by atoms with Gasteiger partial charge in [-0.1, -0.05) is 6.07 Å². The standard InChI is InChI=1S/C15H16N2O/c1-9-7-11(3)12(8-10(9)2)15(18)14-13(16)5-4-6-17-14/h4-8H,16H2,1-3H3. The molecule has 0 amide bonds. The van der Waals surface area contributed by atoms with Gasteiger partial charge >= 0.3 is 0 Å². The van der Waals surface area contributed by atoms with Crippen molar-refractivity contribution >= 4 is 11.5 Å². The van der Waals surface area contributed by atoms with E-state index in [1.54, 1.807) is 18.3 Å². The van der Waals surface area contributed by atoms with Crippen molar-refractivity contribution in [3.63, 3.8) is 0 Å². The topological polar surface area (TPSA) is 56.0 Å². The number of nitrogens with two attached hydrogens (primary N) is 1. The molecule has 2 N–H and O–H groups in total. The summed E-state index contributed by atoms with van der Waals surface area (Å²) in [4.78, 5) is 16.5. The number of aryl methyl sites for hydroxylation is 3. The number of carbonyl (C=O) groups is 1. The zero-order valence-electron chi connectivity index (χ0n) is 10.8. The molecule has 92 valence electrons. The van der Waals surface area contributed by atoms with Crippen molar-refractivity contribution in [1.82, 2.24) is 4.98 Å². The van der Waals surface area contributed by atoms with Crippen LogP contribution in [0.3, 0.4) is 0 Å². The van der Waals surface area contributed by atoms with Crippen molar-refractivity contribution in [1.29, 1.82) is 0 Å². The first kappa shape index (κ1) is 12.3. The molecule has 0 bridgehead atoms. The van der Waals surface area contributed by atoms with E-state index in [1.165, 1.54) is 5.56 Å². The Hall–Kier alpha value is -2.16. The van der Waals surface area contributed by atoms with Crippen molar-refractivity contribution in [2.24, 2.45) is 0 Å². The number of hydrogen-bond acceptors (Lipinski definition) is 3. The lowest BCUT2D eigenvalue weighted by molar-refractivity contribution is 0.103. The summed E-state index contributed by atoms with van der Waals surface area (Å²) in [6.07, 6.45) is 1.58. The Morgan fingerprint density at radius 1 is 1.11 bits per heavy atom. The van der Waals surface area contributed by atoms with Crippen LogP contribution in [0.4, 0.5) is 5.69 Å². The van der Waals surface area contributed by atoms with E-state index in [4.69, 9.17) is 5.73 Å². The second kappa shape index (κ2) is 4.61. The average molecular weight is 240 g/mol. The fourth-order valence-corrected chi connectivity index (χ4v) is 1.94. The number of hydrogen-bond donors (Lipinski definition) is 1. The smallest absolute Gasteiger partial charge is 0.213 e. The minimum absolute atomic E-state index is 0.117. The first-order chi connectivity index (χ1) is 8.50. The number of nitrogen functional groups attached to an aromatic ring is 1. The van der Waals surface area contributed by atoms with Crippen LogP contribution in [0.1, 0.15) is 32.7 Å². The van der Waals surface area contributed by atoms with Gasteiger partial charge in [-0.3, -0.25) is 9.78 Å². The highest BCUT2D eigenvalue weighted by Crippen LogP contribution is 2.20. The van der Waals surface area contributed by atoms with Gasteiger partial charge < -0.3 is 5.73 Å². The van der Waals surface area contributed by atoms with E-state index in [-0.39, 0.29) is 5.78 Å². The number of rotatable bonds is 2. The lowest BCUT2D eigenvalue weighted by atomic mass is 9.96. The normalized spacial score (nSPS) is 10.4. The molecule has 2 aromatic rings. The van der Waals surface area contributed by atoms with Crippen molar-refractivity contribution in [2.75, 3.05) is 5.73 Å². The third-order valence-corrected chi connectivity index (χ3v) is 3.14. The van der Waals surface area contributed by atoms with Crippen LogP contribution in [0.15, 0.2) is 30.5 Å². The number of anilines is 1. The fourth-order valence-electron chi connectivity index (χ4n) is 1.94. The van der Waals surface area contributed by atoms with Gasteiger partial charge in [0.1, 0.15) is 5.69 Å². The summed E-state index contributed by atoms with van der Waals surface area (Å²) in [6, 6.07) is 7.33. The zero-order chi connectivity index (χ0) is 13.3. The van der Waals surface area contributed by atoms with Gasteiger partial charge in [-0.25, -0.2) is 0 Å². The maximum absolute atomic E-state index is 12.4. The van der Waals surface area contributed by atoms with Crippen LogP contribution < -0.4 is 5.73 Å². The summed E-state index contributed by atoms with van der Waals surface area (Å²) < 4.78 is 0. The predicted octanol–water partition coefficient (Wildman–Crippen LogP) is 2.82. The molecule has 0 saturated heterocycles. The SMILES string of the molecule is Cc1cc(C)c(C(=O)c2ncccc2N)cc1C. The lowest BCUT2D eigenvalue weighted by Crippen LogP contribution is -2.10. The third-order valence-electron chi connectivity index (χ3n) is 3.14. The Kier molecular flexibility index (Phi) is 3.15. The highest BCUT2D eigenvalue weighted by molar-refractivity contribution is 6.11. The Bertz CT molecular complexity index is 618. The summed E-state index contributed by atoms with van der Waals surface area (Å²) >= 11 is 0. The van der Waals surface area contributed by atoms with E-state index in [9.17, 15) is 4.79 Å². The van der Waals surface area contributed by atoms with Gasteiger partial charge in [0.05, 0.1) is 5.69 Å². The molecule has 3 heteroatoms. The van der Waals surface area contributed by atoms with Gasteiger partial charge in [0.2, 0.25) is 5.78 Å². The van der Waals surface area contributed by atoms with Crippen LogP contribution in [0.25, 0.3) is 0 Å².